The fourth-order valence-corrected chi connectivity index (χ4v) is 1.10. The monoisotopic (exact) mass is 296 g/mol. The van der Waals surface area contributed by atoms with E-state index in [1.807, 2.05) is 27.7 Å². The topological polar surface area (TPSA) is 18.5 Å². The average Bonchev–Trinajstić information content (AvgIpc) is 2.03. The molecule has 0 saturated carbocycles. The van der Waals surface area contributed by atoms with E-state index in [0.29, 0.717) is 6.61 Å². The molecule has 13 heavy (non-hydrogen) atoms. The van der Waals surface area contributed by atoms with Crippen molar-refractivity contribution >= 4 is 22.6 Å². The van der Waals surface area contributed by atoms with Gasteiger partial charge in [0.2, 0.25) is 0 Å². The van der Waals surface area contributed by atoms with Crippen molar-refractivity contribution in [1.82, 2.24) is 0 Å². The molecule has 0 heterocycles. The molecule has 0 rings (SSSR count). The molecular weight excluding hydrogens is 279 g/mol. The predicted octanol–water partition coefficient (Wildman–Crippen LogP) is 2.60. The number of halogens is 1. The highest BCUT2D eigenvalue weighted by molar-refractivity contribution is 14.1. The van der Waals surface area contributed by atoms with Gasteiger partial charge in [-0.2, -0.15) is 0 Å². The van der Waals surface area contributed by atoms with E-state index in [9.17, 15) is 0 Å². The van der Waals surface area contributed by atoms with Gasteiger partial charge in [0.25, 0.3) is 0 Å². The molecule has 0 fully saturated rings. The Kier molecular flexibility index (Phi) is 5.93. The third-order valence-electron chi connectivity index (χ3n) is 1.46. The van der Waals surface area contributed by atoms with Crippen molar-refractivity contribution in [3.8, 4) is 12.3 Å². The van der Waals surface area contributed by atoms with Gasteiger partial charge in [0.05, 0.1) is 3.92 Å². The smallest absolute Gasteiger partial charge is 0.170 e. The molecule has 3 heteroatoms. The van der Waals surface area contributed by atoms with Crippen molar-refractivity contribution in [2.75, 3.05) is 6.61 Å². The zero-order valence-corrected chi connectivity index (χ0v) is 10.8. The fraction of sp³-hybridized carbons (Fsp3) is 0.800. The minimum Gasteiger partial charge on any atom is -0.352 e. The molecule has 0 N–H and O–H groups in total. The highest BCUT2D eigenvalue weighted by Crippen LogP contribution is 2.18. The molecule has 0 aliphatic heterocycles. The van der Waals surface area contributed by atoms with Gasteiger partial charge in [-0.1, -0.05) is 28.5 Å². The fourth-order valence-electron chi connectivity index (χ4n) is 0.749. The van der Waals surface area contributed by atoms with Crippen LogP contribution in [-0.2, 0) is 9.47 Å². The molecule has 0 aromatic rings. The lowest BCUT2D eigenvalue weighted by atomic mass is 10.1. The van der Waals surface area contributed by atoms with E-state index in [4.69, 9.17) is 15.9 Å². The maximum atomic E-state index is 5.62. The lowest BCUT2D eigenvalue weighted by molar-refractivity contribution is -0.176. The Morgan fingerprint density at radius 2 is 2.08 bits per heavy atom. The summed E-state index contributed by atoms with van der Waals surface area (Å²) in [6.45, 7) is 8.33. The van der Waals surface area contributed by atoms with E-state index in [0.717, 1.165) is 0 Å². The summed E-state index contributed by atoms with van der Waals surface area (Å²) >= 11 is 2.27. The van der Waals surface area contributed by atoms with Crippen LogP contribution in [0.1, 0.15) is 27.7 Å². The Hall–Kier alpha value is 0.210. The van der Waals surface area contributed by atoms with E-state index in [2.05, 4.69) is 28.5 Å². The van der Waals surface area contributed by atoms with Crippen molar-refractivity contribution in [2.45, 2.75) is 43.5 Å². The highest BCUT2D eigenvalue weighted by Gasteiger charge is 2.24. The Balaban J connectivity index is 4.19. The highest BCUT2D eigenvalue weighted by atomic mass is 127. The number of hydrogen-bond donors (Lipinski definition) is 0. The third kappa shape index (κ3) is 5.50. The van der Waals surface area contributed by atoms with Gasteiger partial charge in [-0.15, -0.1) is 6.42 Å². The van der Waals surface area contributed by atoms with Crippen LogP contribution in [-0.4, -0.2) is 22.4 Å². The minimum atomic E-state index is -0.556. The summed E-state index contributed by atoms with van der Waals surface area (Å²) in [6, 6.07) is 0. The molecule has 0 spiro atoms. The second kappa shape index (κ2) is 5.84. The van der Waals surface area contributed by atoms with E-state index in [1.54, 1.807) is 0 Å². The maximum absolute atomic E-state index is 5.62. The first kappa shape index (κ1) is 13.2. The number of terminal acetylenes is 1. The summed E-state index contributed by atoms with van der Waals surface area (Å²) in [5.74, 6) is 2.58. The van der Waals surface area contributed by atoms with Crippen LogP contribution in [0, 0.1) is 12.3 Å². The number of rotatable bonds is 5. The first-order valence-corrected chi connectivity index (χ1v) is 5.58. The molecule has 0 amide bonds. The van der Waals surface area contributed by atoms with Crippen molar-refractivity contribution in [2.24, 2.45) is 0 Å². The van der Waals surface area contributed by atoms with E-state index in [1.165, 1.54) is 0 Å². The van der Waals surface area contributed by atoms with Crippen LogP contribution in [0.5, 0.6) is 0 Å². The van der Waals surface area contributed by atoms with Crippen LogP contribution in [0.4, 0.5) is 0 Å². The average molecular weight is 296 g/mol. The van der Waals surface area contributed by atoms with Gasteiger partial charge in [-0.05, 0) is 27.7 Å². The van der Waals surface area contributed by atoms with Crippen LogP contribution < -0.4 is 0 Å². The van der Waals surface area contributed by atoms with Gasteiger partial charge in [-0.3, -0.25) is 0 Å². The second-order valence-corrected chi connectivity index (χ2v) is 5.24. The lowest BCUT2D eigenvalue weighted by Crippen LogP contribution is -2.35. The van der Waals surface area contributed by atoms with Gasteiger partial charge in [0.1, 0.15) is 5.60 Å². The first-order valence-electron chi connectivity index (χ1n) is 4.34. The Morgan fingerprint density at radius 1 is 1.54 bits per heavy atom. The second-order valence-electron chi connectivity index (χ2n) is 3.27. The molecule has 0 radical (unpaired) electrons. The zero-order valence-electron chi connectivity index (χ0n) is 8.63. The van der Waals surface area contributed by atoms with Crippen molar-refractivity contribution in [3.63, 3.8) is 0 Å². The molecule has 0 unspecified atom stereocenters. The zero-order chi connectivity index (χ0) is 10.5. The SMILES string of the molecule is C#CC(C)(C)O[C@@H](OCC)[C@H](C)I. The molecule has 0 aliphatic rings. The van der Waals surface area contributed by atoms with Crippen molar-refractivity contribution in [1.29, 1.82) is 0 Å². The summed E-state index contributed by atoms with van der Waals surface area (Å²) in [4.78, 5) is 0. The maximum Gasteiger partial charge on any atom is 0.170 e. The van der Waals surface area contributed by atoms with Gasteiger partial charge in [-0.25, -0.2) is 0 Å². The van der Waals surface area contributed by atoms with Crippen molar-refractivity contribution < 1.29 is 9.47 Å². The first-order chi connectivity index (χ1) is 5.93. The summed E-state index contributed by atoms with van der Waals surface area (Å²) in [7, 11) is 0. The Labute approximate surface area is 94.5 Å². The van der Waals surface area contributed by atoms with Gasteiger partial charge in [0.15, 0.2) is 6.29 Å². The van der Waals surface area contributed by atoms with Crippen molar-refractivity contribution in [3.05, 3.63) is 0 Å². The summed E-state index contributed by atoms with van der Waals surface area (Å²) in [6.07, 6.45) is 5.09. The van der Waals surface area contributed by atoms with Gasteiger partial charge >= 0.3 is 0 Å². The largest absolute Gasteiger partial charge is 0.352 e. The standard InChI is InChI=1S/C10H17IO2/c1-6-10(4,5)13-9(8(3)11)12-7-2/h1,8-9H,7H2,2-5H3/t8-,9+/m0/s1. The number of ether oxygens (including phenoxy) is 2. The van der Waals surface area contributed by atoms with E-state index >= 15 is 0 Å². The molecule has 76 valence electrons. The summed E-state index contributed by atoms with van der Waals surface area (Å²) in [5, 5.41) is 0. The van der Waals surface area contributed by atoms with Crippen LogP contribution >= 0.6 is 22.6 Å². The number of hydrogen-bond acceptors (Lipinski definition) is 2. The van der Waals surface area contributed by atoms with Crippen LogP contribution in [0.3, 0.4) is 0 Å². The third-order valence-corrected chi connectivity index (χ3v) is 2.05. The lowest BCUT2D eigenvalue weighted by Gasteiger charge is -2.28. The molecule has 2 atom stereocenters. The van der Waals surface area contributed by atoms with E-state index < -0.39 is 5.60 Å². The Bertz CT molecular complexity index is 182. The molecule has 0 aliphatic carbocycles. The molecule has 0 aromatic heterocycles. The normalized spacial score (nSPS) is 16.3. The Morgan fingerprint density at radius 3 is 2.38 bits per heavy atom. The predicted molar refractivity (Wildman–Crippen MR) is 62.9 cm³/mol. The summed E-state index contributed by atoms with van der Waals surface area (Å²) in [5.41, 5.74) is -0.556. The minimum absolute atomic E-state index is 0.225. The molecule has 0 bridgehead atoms. The molecule has 2 nitrogen and oxygen atoms in total. The molecule has 0 aromatic carbocycles. The van der Waals surface area contributed by atoms with Crippen LogP contribution in [0.2, 0.25) is 0 Å². The quantitative estimate of drug-likeness (QED) is 0.336. The number of alkyl halides is 1. The van der Waals surface area contributed by atoms with Crippen LogP contribution in [0.25, 0.3) is 0 Å². The van der Waals surface area contributed by atoms with Gasteiger partial charge < -0.3 is 9.47 Å². The van der Waals surface area contributed by atoms with Gasteiger partial charge in [0, 0.05) is 6.61 Å². The van der Waals surface area contributed by atoms with E-state index in [-0.39, 0.29) is 10.2 Å². The van der Waals surface area contributed by atoms with Crippen LogP contribution in [0.15, 0.2) is 0 Å². The summed E-state index contributed by atoms with van der Waals surface area (Å²) < 4.78 is 11.3. The molecular formula is C10H17IO2. The molecule has 0 saturated heterocycles.